The van der Waals surface area contributed by atoms with Crippen LogP contribution in [0, 0.1) is 0 Å². The summed E-state index contributed by atoms with van der Waals surface area (Å²) >= 11 is 0. The van der Waals surface area contributed by atoms with Gasteiger partial charge in [-0.3, -0.25) is 9.52 Å². The number of carbonyl (C=O) groups is 1. The third-order valence-electron chi connectivity index (χ3n) is 4.11. The van der Waals surface area contributed by atoms with Crippen LogP contribution in [0.2, 0.25) is 0 Å². The SMILES string of the molecule is O=C(O)CCc1ccc(S(=O)(=O)Nc2ccc(-c3ccccc3)cc2)cc1. The molecule has 0 unspecified atom stereocenters. The minimum atomic E-state index is -3.71. The second kappa shape index (κ2) is 8.05. The van der Waals surface area contributed by atoms with Crippen LogP contribution >= 0.6 is 0 Å². The van der Waals surface area contributed by atoms with Crippen molar-refractivity contribution in [2.45, 2.75) is 17.7 Å². The van der Waals surface area contributed by atoms with Crippen LogP contribution in [-0.4, -0.2) is 19.5 Å². The fraction of sp³-hybridized carbons (Fsp3) is 0.0952. The maximum absolute atomic E-state index is 12.5. The molecule has 0 aliphatic carbocycles. The molecule has 0 saturated heterocycles. The van der Waals surface area contributed by atoms with Crippen molar-refractivity contribution in [3.63, 3.8) is 0 Å². The highest BCUT2D eigenvalue weighted by Gasteiger charge is 2.14. The Kier molecular flexibility index (Phi) is 5.57. The first-order chi connectivity index (χ1) is 12.9. The Balaban J connectivity index is 1.71. The van der Waals surface area contributed by atoms with Gasteiger partial charge in [-0.1, -0.05) is 54.6 Å². The summed E-state index contributed by atoms with van der Waals surface area (Å²) < 4.78 is 27.6. The second-order valence-corrected chi connectivity index (χ2v) is 7.77. The van der Waals surface area contributed by atoms with E-state index in [0.717, 1.165) is 16.7 Å². The van der Waals surface area contributed by atoms with Crippen LogP contribution < -0.4 is 4.72 Å². The predicted octanol–water partition coefficient (Wildman–Crippen LogP) is 4.17. The van der Waals surface area contributed by atoms with E-state index in [1.807, 2.05) is 42.5 Å². The normalized spacial score (nSPS) is 11.1. The van der Waals surface area contributed by atoms with E-state index in [-0.39, 0.29) is 11.3 Å². The standard InChI is InChI=1S/C21H19NO4S/c23-21(24)15-8-16-6-13-20(14-7-16)27(25,26)22-19-11-9-18(10-12-19)17-4-2-1-3-5-17/h1-7,9-14,22H,8,15H2,(H,23,24). The zero-order chi connectivity index (χ0) is 19.3. The smallest absolute Gasteiger partial charge is 0.303 e. The lowest BCUT2D eigenvalue weighted by molar-refractivity contribution is -0.136. The first kappa shape index (κ1) is 18.7. The number of aliphatic carboxylic acids is 1. The molecule has 3 rings (SSSR count). The molecule has 3 aromatic carbocycles. The number of nitrogens with one attached hydrogen (secondary N) is 1. The number of anilines is 1. The first-order valence-corrected chi connectivity index (χ1v) is 9.91. The van der Waals surface area contributed by atoms with Gasteiger partial charge in [-0.15, -0.1) is 0 Å². The number of rotatable bonds is 7. The fourth-order valence-electron chi connectivity index (χ4n) is 2.66. The van der Waals surface area contributed by atoms with E-state index in [0.29, 0.717) is 12.1 Å². The molecule has 0 aliphatic rings. The molecule has 5 nitrogen and oxygen atoms in total. The van der Waals surface area contributed by atoms with E-state index in [1.54, 1.807) is 24.3 Å². The van der Waals surface area contributed by atoms with Crippen LogP contribution in [0.25, 0.3) is 11.1 Å². The lowest BCUT2D eigenvalue weighted by Gasteiger charge is -2.10. The van der Waals surface area contributed by atoms with E-state index < -0.39 is 16.0 Å². The fourth-order valence-corrected chi connectivity index (χ4v) is 3.72. The second-order valence-electron chi connectivity index (χ2n) is 6.09. The third kappa shape index (κ3) is 4.95. The van der Waals surface area contributed by atoms with Crippen molar-refractivity contribution in [3.8, 4) is 11.1 Å². The van der Waals surface area contributed by atoms with Gasteiger partial charge < -0.3 is 5.11 Å². The lowest BCUT2D eigenvalue weighted by atomic mass is 10.1. The lowest BCUT2D eigenvalue weighted by Crippen LogP contribution is -2.12. The summed E-state index contributed by atoms with van der Waals surface area (Å²) in [6.07, 6.45) is 0.377. The van der Waals surface area contributed by atoms with Gasteiger partial charge in [-0.05, 0) is 47.4 Å². The molecule has 0 radical (unpaired) electrons. The van der Waals surface area contributed by atoms with Gasteiger partial charge in [0.15, 0.2) is 0 Å². The molecular weight excluding hydrogens is 362 g/mol. The van der Waals surface area contributed by atoms with Crippen molar-refractivity contribution < 1.29 is 18.3 Å². The Labute approximate surface area is 158 Å². The topological polar surface area (TPSA) is 83.5 Å². The zero-order valence-corrected chi connectivity index (χ0v) is 15.3. The molecule has 27 heavy (non-hydrogen) atoms. The first-order valence-electron chi connectivity index (χ1n) is 8.43. The Morgan fingerprint density at radius 3 is 2.00 bits per heavy atom. The highest BCUT2D eigenvalue weighted by atomic mass is 32.2. The molecule has 0 aromatic heterocycles. The maximum Gasteiger partial charge on any atom is 0.303 e. The summed E-state index contributed by atoms with van der Waals surface area (Å²) in [6, 6.07) is 23.2. The average molecular weight is 381 g/mol. The van der Waals surface area contributed by atoms with Crippen LogP contribution in [-0.2, 0) is 21.2 Å². The third-order valence-corrected chi connectivity index (χ3v) is 5.50. The summed E-state index contributed by atoms with van der Waals surface area (Å²) in [7, 11) is -3.71. The summed E-state index contributed by atoms with van der Waals surface area (Å²) in [5.41, 5.74) is 3.32. The largest absolute Gasteiger partial charge is 0.481 e. The van der Waals surface area contributed by atoms with Gasteiger partial charge in [0, 0.05) is 12.1 Å². The maximum atomic E-state index is 12.5. The van der Waals surface area contributed by atoms with Gasteiger partial charge in [0.1, 0.15) is 0 Å². The average Bonchev–Trinajstić information content (AvgIpc) is 2.68. The molecule has 0 fully saturated rings. The van der Waals surface area contributed by atoms with Crippen LogP contribution in [0.15, 0.2) is 83.8 Å². The van der Waals surface area contributed by atoms with Crippen molar-refractivity contribution in [3.05, 3.63) is 84.4 Å². The molecule has 0 atom stereocenters. The van der Waals surface area contributed by atoms with Crippen LogP contribution in [0.3, 0.4) is 0 Å². The molecule has 3 aromatic rings. The Morgan fingerprint density at radius 1 is 0.815 bits per heavy atom. The molecule has 0 amide bonds. The van der Waals surface area contributed by atoms with Gasteiger partial charge >= 0.3 is 5.97 Å². The number of sulfonamides is 1. The number of benzene rings is 3. The van der Waals surface area contributed by atoms with Crippen molar-refractivity contribution in [1.82, 2.24) is 0 Å². The van der Waals surface area contributed by atoms with E-state index in [2.05, 4.69) is 4.72 Å². The van der Waals surface area contributed by atoms with Gasteiger partial charge in [0.05, 0.1) is 4.90 Å². The summed E-state index contributed by atoms with van der Waals surface area (Å²) in [4.78, 5) is 10.7. The minimum absolute atomic E-state index is 0.0120. The quantitative estimate of drug-likeness (QED) is 0.643. The van der Waals surface area contributed by atoms with Gasteiger partial charge in [0.2, 0.25) is 0 Å². The predicted molar refractivity (Wildman–Crippen MR) is 105 cm³/mol. The van der Waals surface area contributed by atoms with Crippen molar-refractivity contribution in [2.24, 2.45) is 0 Å². The van der Waals surface area contributed by atoms with Crippen LogP contribution in [0.4, 0.5) is 5.69 Å². The molecule has 0 bridgehead atoms. The van der Waals surface area contributed by atoms with E-state index in [1.165, 1.54) is 12.1 Å². The molecule has 6 heteroatoms. The van der Waals surface area contributed by atoms with Crippen LogP contribution in [0.1, 0.15) is 12.0 Å². The number of aryl methyl sites for hydroxylation is 1. The van der Waals surface area contributed by atoms with Crippen molar-refractivity contribution in [2.75, 3.05) is 4.72 Å². The Hall–Kier alpha value is -3.12. The minimum Gasteiger partial charge on any atom is -0.481 e. The summed E-state index contributed by atoms with van der Waals surface area (Å²) in [5.74, 6) is -0.882. The molecular formula is C21H19NO4S. The van der Waals surface area contributed by atoms with Crippen molar-refractivity contribution >= 4 is 21.7 Å². The highest BCUT2D eigenvalue weighted by molar-refractivity contribution is 7.92. The Morgan fingerprint density at radius 2 is 1.41 bits per heavy atom. The summed E-state index contributed by atoms with van der Waals surface area (Å²) in [6.45, 7) is 0. The van der Waals surface area contributed by atoms with Gasteiger partial charge in [0.25, 0.3) is 10.0 Å². The highest BCUT2D eigenvalue weighted by Crippen LogP contribution is 2.23. The number of carboxylic acid groups (broad SMARTS) is 1. The van der Waals surface area contributed by atoms with E-state index in [4.69, 9.17) is 5.11 Å². The molecule has 2 N–H and O–H groups in total. The van der Waals surface area contributed by atoms with Crippen LogP contribution in [0.5, 0.6) is 0 Å². The van der Waals surface area contributed by atoms with E-state index >= 15 is 0 Å². The number of hydrogen-bond acceptors (Lipinski definition) is 3. The summed E-state index contributed by atoms with van der Waals surface area (Å²) in [5, 5.41) is 8.71. The molecule has 138 valence electrons. The molecule has 0 spiro atoms. The number of hydrogen-bond donors (Lipinski definition) is 2. The Bertz CT molecular complexity index is 1010. The van der Waals surface area contributed by atoms with Crippen molar-refractivity contribution in [1.29, 1.82) is 0 Å². The monoisotopic (exact) mass is 381 g/mol. The zero-order valence-electron chi connectivity index (χ0n) is 14.5. The molecule has 0 saturated carbocycles. The molecule has 0 heterocycles. The molecule has 0 aliphatic heterocycles. The van der Waals surface area contributed by atoms with Gasteiger partial charge in [-0.25, -0.2) is 8.42 Å². The van der Waals surface area contributed by atoms with E-state index in [9.17, 15) is 13.2 Å². The van der Waals surface area contributed by atoms with Gasteiger partial charge in [-0.2, -0.15) is 0 Å². The number of carboxylic acids is 1.